The van der Waals surface area contributed by atoms with Gasteiger partial charge in [-0.3, -0.25) is 10.1 Å². The van der Waals surface area contributed by atoms with Gasteiger partial charge in [-0.25, -0.2) is 8.42 Å². The molecule has 0 atom stereocenters. The first-order valence-corrected chi connectivity index (χ1v) is 8.08. The van der Waals surface area contributed by atoms with Gasteiger partial charge in [0, 0.05) is 16.7 Å². The van der Waals surface area contributed by atoms with Gasteiger partial charge in [-0.1, -0.05) is 6.07 Å². The number of nitrogens with zero attached hydrogens (tertiary/aromatic N) is 1. The molecule has 0 heterocycles. The third-order valence-corrected chi connectivity index (χ3v) is 3.73. The number of hydrogen-bond acceptors (Lipinski definition) is 5. The number of rotatable bonds is 7. The summed E-state index contributed by atoms with van der Waals surface area (Å²) in [6.45, 7) is 1.89. The van der Waals surface area contributed by atoms with Crippen LogP contribution in [0.1, 0.15) is 18.4 Å². The number of ether oxygens (including phenoxy) is 1. The van der Waals surface area contributed by atoms with Crippen LogP contribution in [-0.4, -0.2) is 25.7 Å². The second-order valence-corrected chi connectivity index (χ2v) is 6.85. The average Bonchev–Trinajstić information content (AvgIpc) is 2.28. The number of hydrogen-bond donors (Lipinski definition) is 0. The highest BCUT2D eigenvalue weighted by atomic mass is 35.7. The highest BCUT2D eigenvalue weighted by Crippen LogP contribution is 2.27. The summed E-state index contributed by atoms with van der Waals surface area (Å²) in [5, 5.41) is 10.7. The molecule has 0 aliphatic heterocycles. The van der Waals surface area contributed by atoms with Crippen molar-refractivity contribution >= 4 is 25.4 Å². The molecule has 0 amide bonds. The van der Waals surface area contributed by atoms with Gasteiger partial charge in [0.05, 0.1) is 22.8 Å². The summed E-state index contributed by atoms with van der Waals surface area (Å²) in [6, 6.07) is 4.59. The van der Waals surface area contributed by atoms with E-state index < -0.39 is 14.0 Å². The molecular weight excluding hydrogens is 294 g/mol. The summed E-state index contributed by atoms with van der Waals surface area (Å²) in [4.78, 5) is 10.3. The standard InChI is InChI=1S/C11H14ClNO5S/c1-9-10(13(14)15)5-4-6-11(9)18-7-2-3-8-19(12,16)17/h4-6H,2-3,7-8H2,1H3. The second-order valence-electron chi connectivity index (χ2n) is 3.96. The Kier molecular flexibility index (Phi) is 5.56. The zero-order valence-electron chi connectivity index (χ0n) is 10.3. The molecule has 0 spiro atoms. The van der Waals surface area contributed by atoms with Crippen molar-refractivity contribution in [2.24, 2.45) is 0 Å². The van der Waals surface area contributed by atoms with Gasteiger partial charge in [-0.05, 0) is 25.8 Å². The Morgan fingerprint density at radius 1 is 1.37 bits per heavy atom. The molecule has 0 bridgehead atoms. The Labute approximate surface area is 115 Å². The highest BCUT2D eigenvalue weighted by molar-refractivity contribution is 8.13. The number of nitro groups is 1. The second kappa shape index (κ2) is 6.72. The molecule has 1 aromatic rings. The molecular formula is C11H14ClNO5S. The van der Waals surface area contributed by atoms with E-state index >= 15 is 0 Å². The lowest BCUT2D eigenvalue weighted by Gasteiger charge is -2.08. The van der Waals surface area contributed by atoms with Crippen LogP contribution in [0.4, 0.5) is 5.69 Å². The van der Waals surface area contributed by atoms with Crippen molar-refractivity contribution in [1.29, 1.82) is 0 Å². The zero-order chi connectivity index (χ0) is 14.5. The van der Waals surface area contributed by atoms with Crippen LogP contribution < -0.4 is 4.74 Å². The van der Waals surface area contributed by atoms with Gasteiger partial charge >= 0.3 is 0 Å². The maximum Gasteiger partial charge on any atom is 0.276 e. The van der Waals surface area contributed by atoms with Crippen LogP contribution >= 0.6 is 10.7 Å². The van der Waals surface area contributed by atoms with Crippen molar-refractivity contribution in [2.45, 2.75) is 19.8 Å². The van der Waals surface area contributed by atoms with Crippen LogP contribution in [0.3, 0.4) is 0 Å². The van der Waals surface area contributed by atoms with Crippen molar-refractivity contribution in [2.75, 3.05) is 12.4 Å². The summed E-state index contributed by atoms with van der Waals surface area (Å²) in [7, 11) is 1.60. The van der Waals surface area contributed by atoms with Crippen molar-refractivity contribution in [3.63, 3.8) is 0 Å². The van der Waals surface area contributed by atoms with Gasteiger partial charge in [0.25, 0.3) is 5.69 Å². The minimum Gasteiger partial charge on any atom is -0.493 e. The Balaban J connectivity index is 2.50. The van der Waals surface area contributed by atoms with E-state index in [1.54, 1.807) is 19.1 Å². The Bertz CT molecular complexity index is 558. The minimum absolute atomic E-state index is 0.000774. The van der Waals surface area contributed by atoms with Crippen molar-refractivity contribution in [3.05, 3.63) is 33.9 Å². The van der Waals surface area contributed by atoms with Crippen LogP contribution in [0.2, 0.25) is 0 Å². The smallest absolute Gasteiger partial charge is 0.276 e. The van der Waals surface area contributed by atoms with Crippen LogP contribution in [0.5, 0.6) is 5.75 Å². The van der Waals surface area contributed by atoms with E-state index in [9.17, 15) is 18.5 Å². The largest absolute Gasteiger partial charge is 0.493 e. The van der Waals surface area contributed by atoms with E-state index in [0.29, 0.717) is 24.2 Å². The Hall–Kier alpha value is -1.34. The predicted molar refractivity (Wildman–Crippen MR) is 72.2 cm³/mol. The van der Waals surface area contributed by atoms with Crippen LogP contribution in [0.15, 0.2) is 18.2 Å². The molecule has 6 nitrogen and oxygen atoms in total. The van der Waals surface area contributed by atoms with Crippen LogP contribution in [0, 0.1) is 17.0 Å². The maximum absolute atomic E-state index is 10.7. The van der Waals surface area contributed by atoms with Gasteiger partial charge in [0.2, 0.25) is 9.05 Å². The quantitative estimate of drug-likeness (QED) is 0.334. The van der Waals surface area contributed by atoms with E-state index in [-0.39, 0.29) is 18.0 Å². The van der Waals surface area contributed by atoms with Crippen molar-refractivity contribution in [1.82, 2.24) is 0 Å². The Morgan fingerprint density at radius 3 is 2.63 bits per heavy atom. The van der Waals surface area contributed by atoms with E-state index in [2.05, 4.69) is 0 Å². The molecule has 1 rings (SSSR count). The summed E-state index contributed by atoms with van der Waals surface area (Å²) in [5.74, 6) is 0.328. The number of benzene rings is 1. The van der Waals surface area contributed by atoms with Gasteiger partial charge in [-0.2, -0.15) is 0 Å². The number of unbranched alkanes of at least 4 members (excludes halogenated alkanes) is 1. The lowest BCUT2D eigenvalue weighted by Crippen LogP contribution is -2.03. The van der Waals surface area contributed by atoms with Crippen LogP contribution in [0.25, 0.3) is 0 Å². The third-order valence-electron chi connectivity index (χ3n) is 2.49. The van der Waals surface area contributed by atoms with Gasteiger partial charge < -0.3 is 4.74 Å². The molecule has 19 heavy (non-hydrogen) atoms. The molecule has 0 saturated carbocycles. The van der Waals surface area contributed by atoms with E-state index in [1.807, 2.05) is 0 Å². The Morgan fingerprint density at radius 2 is 2.05 bits per heavy atom. The first-order chi connectivity index (χ1) is 8.81. The van der Waals surface area contributed by atoms with Crippen molar-refractivity contribution < 1.29 is 18.1 Å². The summed E-state index contributed by atoms with van der Waals surface area (Å²) in [6.07, 6.45) is 0.897. The molecule has 0 unspecified atom stereocenters. The van der Waals surface area contributed by atoms with Gasteiger partial charge in [0.15, 0.2) is 0 Å². The fourth-order valence-corrected chi connectivity index (χ4v) is 2.39. The SMILES string of the molecule is Cc1c(OCCCCS(=O)(=O)Cl)cccc1[N+](=O)[O-]. The molecule has 106 valence electrons. The van der Waals surface area contributed by atoms with Crippen LogP contribution in [-0.2, 0) is 9.05 Å². The lowest BCUT2D eigenvalue weighted by atomic mass is 10.2. The molecule has 0 radical (unpaired) electrons. The summed E-state index contributed by atoms with van der Waals surface area (Å²) >= 11 is 0. The normalized spacial score (nSPS) is 11.3. The topological polar surface area (TPSA) is 86.5 Å². The minimum atomic E-state index is -3.47. The molecule has 8 heteroatoms. The lowest BCUT2D eigenvalue weighted by molar-refractivity contribution is -0.385. The van der Waals surface area contributed by atoms with E-state index in [1.165, 1.54) is 6.07 Å². The summed E-state index contributed by atoms with van der Waals surface area (Å²) in [5.41, 5.74) is 0.457. The summed E-state index contributed by atoms with van der Waals surface area (Å²) < 4.78 is 26.8. The molecule has 1 aromatic carbocycles. The molecule has 0 N–H and O–H groups in total. The van der Waals surface area contributed by atoms with E-state index in [4.69, 9.17) is 15.4 Å². The van der Waals surface area contributed by atoms with E-state index in [0.717, 1.165) is 0 Å². The first-order valence-electron chi connectivity index (χ1n) is 5.60. The fourth-order valence-electron chi connectivity index (χ4n) is 1.52. The molecule has 0 aliphatic carbocycles. The fraction of sp³-hybridized carbons (Fsp3) is 0.455. The molecule has 0 aromatic heterocycles. The average molecular weight is 308 g/mol. The predicted octanol–water partition coefficient (Wildman–Crippen LogP) is 2.63. The molecule has 0 fully saturated rings. The highest BCUT2D eigenvalue weighted by Gasteiger charge is 2.13. The van der Waals surface area contributed by atoms with Gasteiger partial charge in [-0.15, -0.1) is 0 Å². The molecule has 0 aliphatic rings. The van der Waals surface area contributed by atoms with Crippen molar-refractivity contribution in [3.8, 4) is 5.75 Å². The number of halogens is 1. The number of nitro benzene ring substituents is 1. The molecule has 0 saturated heterocycles. The maximum atomic E-state index is 10.7. The first kappa shape index (κ1) is 15.7. The zero-order valence-corrected chi connectivity index (χ0v) is 11.9. The van der Waals surface area contributed by atoms with Gasteiger partial charge in [0.1, 0.15) is 5.75 Å². The monoisotopic (exact) mass is 307 g/mol. The third kappa shape index (κ3) is 5.44.